The molecule has 4 nitrogen and oxygen atoms in total. The molecule has 1 aromatic rings. The number of methoxy groups -OCH3 is 2. The maximum absolute atomic E-state index is 11.9. The van der Waals surface area contributed by atoms with E-state index in [9.17, 15) is 4.79 Å². The van der Waals surface area contributed by atoms with Gasteiger partial charge in [0.2, 0.25) is 0 Å². The maximum atomic E-state index is 11.9. The number of Topliss-reactive ketones (excluding diaryl/α,β-unsaturated/α-hetero) is 1. The summed E-state index contributed by atoms with van der Waals surface area (Å²) in [4.78, 5) is 13.9. The van der Waals surface area contributed by atoms with Crippen molar-refractivity contribution in [1.29, 1.82) is 0 Å². The van der Waals surface area contributed by atoms with Gasteiger partial charge in [0.25, 0.3) is 5.78 Å². The Hall–Kier alpha value is -2.49. The molecule has 2 rings (SSSR count). The van der Waals surface area contributed by atoms with E-state index < -0.39 is 0 Å². The first-order valence-electron chi connectivity index (χ1n) is 6.60. The van der Waals surface area contributed by atoms with E-state index in [1.165, 1.54) is 14.2 Å². The quantitative estimate of drug-likeness (QED) is 0.852. The molecule has 0 saturated carbocycles. The van der Waals surface area contributed by atoms with Crippen LogP contribution in [0.1, 0.15) is 5.56 Å². The van der Waals surface area contributed by atoms with Crippen molar-refractivity contribution in [3.8, 4) is 0 Å². The van der Waals surface area contributed by atoms with Crippen molar-refractivity contribution in [1.82, 2.24) is 0 Å². The van der Waals surface area contributed by atoms with Crippen LogP contribution < -0.4 is 4.90 Å². The molecular formula is C17H19NO3. The fourth-order valence-electron chi connectivity index (χ4n) is 2.04. The largest absolute Gasteiger partial charge is 0.492 e. The van der Waals surface area contributed by atoms with Crippen LogP contribution in [0.3, 0.4) is 0 Å². The predicted molar refractivity (Wildman–Crippen MR) is 83.9 cm³/mol. The van der Waals surface area contributed by atoms with Crippen LogP contribution >= 0.6 is 0 Å². The number of hydrogen-bond acceptors (Lipinski definition) is 4. The van der Waals surface area contributed by atoms with Crippen molar-refractivity contribution in [2.24, 2.45) is 0 Å². The Morgan fingerprint density at radius 2 is 1.48 bits per heavy atom. The van der Waals surface area contributed by atoms with Gasteiger partial charge in [-0.05, 0) is 41.5 Å². The van der Waals surface area contributed by atoms with Crippen molar-refractivity contribution in [2.45, 2.75) is 0 Å². The zero-order valence-electron chi connectivity index (χ0n) is 12.7. The molecule has 0 fully saturated rings. The molecule has 0 aliphatic heterocycles. The highest BCUT2D eigenvalue weighted by molar-refractivity contribution is 6.07. The molecule has 0 bridgehead atoms. The van der Waals surface area contributed by atoms with Gasteiger partial charge in [0.05, 0.1) is 14.2 Å². The molecule has 4 heteroatoms. The van der Waals surface area contributed by atoms with Crippen molar-refractivity contribution in [2.75, 3.05) is 33.2 Å². The Kier molecular flexibility index (Phi) is 4.48. The summed E-state index contributed by atoms with van der Waals surface area (Å²) in [6, 6.07) is 8.14. The lowest BCUT2D eigenvalue weighted by Crippen LogP contribution is -2.13. The Balaban J connectivity index is 2.33. The second-order valence-electron chi connectivity index (χ2n) is 4.88. The molecule has 1 aliphatic carbocycles. The zero-order chi connectivity index (χ0) is 15.4. The highest BCUT2D eigenvalue weighted by Crippen LogP contribution is 2.22. The first-order chi connectivity index (χ1) is 10.0. The van der Waals surface area contributed by atoms with Gasteiger partial charge in [-0.2, -0.15) is 0 Å². The fraction of sp³-hybridized carbons (Fsp3) is 0.235. The minimum atomic E-state index is -0.236. The minimum Gasteiger partial charge on any atom is -0.492 e. The summed E-state index contributed by atoms with van der Waals surface area (Å²) >= 11 is 0. The summed E-state index contributed by atoms with van der Waals surface area (Å²) in [5, 5.41) is 0. The first-order valence-corrected chi connectivity index (χ1v) is 6.60. The molecule has 0 radical (unpaired) electrons. The van der Waals surface area contributed by atoms with Gasteiger partial charge in [0.15, 0.2) is 11.5 Å². The summed E-state index contributed by atoms with van der Waals surface area (Å²) in [6.45, 7) is 0. The molecule has 21 heavy (non-hydrogen) atoms. The topological polar surface area (TPSA) is 38.8 Å². The van der Waals surface area contributed by atoms with Crippen LogP contribution in [0.4, 0.5) is 5.69 Å². The monoisotopic (exact) mass is 285 g/mol. The first kappa shape index (κ1) is 14.9. The number of benzene rings is 1. The lowest BCUT2D eigenvalue weighted by molar-refractivity contribution is -0.117. The van der Waals surface area contributed by atoms with Gasteiger partial charge in [-0.25, -0.2) is 0 Å². The van der Waals surface area contributed by atoms with Gasteiger partial charge in [-0.15, -0.1) is 0 Å². The van der Waals surface area contributed by atoms with Crippen LogP contribution in [0.15, 0.2) is 53.5 Å². The molecule has 0 N–H and O–H groups in total. The van der Waals surface area contributed by atoms with Crippen molar-refractivity contribution in [3.63, 3.8) is 0 Å². The second-order valence-corrected chi connectivity index (χ2v) is 4.88. The van der Waals surface area contributed by atoms with E-state index in [1.54, 1.807) is 12.2 Å². The Bertz CT molecular complexity index is 596. The molecule has 110 valence electrons. The summed E-state index contributed by atoms with van der Waals surface area (Å²) in [6.07, 6.45) is 5.40. The van der Waals surface area contributed by atoms with E-state index in [1.807, 2.05) is 49.3 Å². The predicted octanol–water partition coefficient (Wildman–Crippen LogP) is 2.78. The van der Waals surface area contributed by atoms with Crippen LogP contribution in [0.25, 0.3) is 6.08 Å². The average molecular weight is 285 g/mol. The third-order valence-corrected chi connectivity index (χ3v) is 3.23. The molecule has 0 atom stereocenters. The third-order valence-electron chi connectivity index (χ3n) is 3.23. The zero-order valence-corrected chi connectivity index (χ0v) is 12.7. The van der Waals surface area contributed by atoms with E-state index in [2.05, 4.69) is 0 Å². The SMILES string of the molecule is COC1=CC(=Cc2ccc(N(C)C)cc2)C=C(OC)C1=O. The molecule has 0 heterocycles. The number of ketones is 1. The summed E-state index contributed by atoms with van der Waals surface area (Å²) in [7, 11) is 6.96. The van der Waals surface area contributed by atoms with Crippen molar-refractivity contribution in [3.05, 3.63) is 59.1 Å². The summed E-state index contributed by atoms with van der Waals surface area (Å²) < 4.78 is 10.2. The summed E-state index contributed by atoms with van der Waals surface area (Å²) in [5.74, 6) is 0.330. The third kappa shape index (κ3) is 3.34. The number of ether oxygens (including phenoxy) is 2. The Morgan fingerprint density at radius 1 is 0.952 bits per heavy atom. The highest BCUT2D eigenvalue weighted by atomic mass is 16.5. The molecule has 0 spiro atoms. The van der Waals surface area contributed by atoms with Crippen LogP contribution in [-0.2, 0) is 14.3 Å². The number of rotatable bonds is 4. The standard InChI is InChI=1S/C17H19NO3/c1-18(2)14-7-5-12(6-8-14)9-13-10-15(20-3)17(19)16(11-13)21-4/h5-11H,1-4H3. The molecule has 1 aliphatic rings. The lowest BCUT2D eigenvalue weighted by Gasteiger charge is -2.14. The smallest absolute Gasteiger partial charge is 0.261 e. The van der Waals surface area contributed by atoms with Crippen LogP contribution in [0, 0.1) is 0 Å². The molecular weight excluding hydrogens is 266 g/mol. The fourth-order valence-corrected chi connectivity index (χ4v) is 2.04. The molecule has 0 saturated heterocycles. The lowest BCUT2D eigenvalue weighted by atomic mass is 10.0. The Morgan fingerprint density at radius 3 is 1.90 bits per heavy atom. The van der Waals surface area contributed by atoms with Gasteiger partial charge in [0.1, 0.15) is 0 Å². The molecule has 0 unspecified atom stereocenters. The molecule has 0 aromatic heterocycles. The maximum Gasteiger partial charge on any atom is 0.261 e. The highest BCUT2D eigenvalue weighted by Gasteiger charge is 2.21. The normalized spacial score (nSPS) is 14.3. The number of hydrogen-bond donors (Lipinski definition) is 0. The van der Waals surface area contributed by atoms with E-state index >= 15 is 0 Å². The molecule has 0 amide bonds. The van der Waals surface area contributed by atoms with Gasteiger partial charge >= 0.3 is 0 Å². The van der Waals surface area contributed by atoms with Gasteiger partial charge in [-0.3, -0.25) is 4.79 Å². The van der Waals surface area contributed by atoms with Gasteiger partial charge in [-0.1, -0.05) is 12.1 Å². The Labute approximate surface area is 125 Å². The average Bonchev–Trinajstić information content (AvgIpc) is 2.49. The van der Waals surface area contributed by atoms with Gasteiger partial charge < -0.3 is 14.4 Å². The molecule has 1 aromatic carbocycles. The van der Waals surface area contributed by atoms with Crippen LogP contribution in [-0.4, -0.2) is 34.1 Å². The van der Waals surface area contributed by atoms with Crippen molar-refractivity contribution >= 4 is 17.5 Å². The minimum absolute atomic E-state index is 0.236. The number of allylic oxidation sites excluding steroid dienone is 3. The number of carbonyl (C=O) groups excluding carboxylic acids is 1. The number of anilines is 1. The van der Waals surface area contributed by atoms with E-state index in [-0.39, 0.29) is 17.3 Å². The van der Waals surface area contributed by atoms with Gasteiger partial charge in [0, 0.05) is 19.8 Å². The van der Waals surface area contributed by atoms with Crippen LogP contribution in [0.5, 0.6) is 0 Å². The van der Waals surface area contributed by atoms with E-state index in [4.69, 9.17) is 9.47 Å². The summed E-state index contributed by atoms with van der Waals surface area (Å²) in [5.41, 5.74) is 3.04. The van der Waals surface area contributed by atoms with Crippen LogP contribution in [0.2, 0.25) is 0 Å². The van der Waals surface area contributed by atoms with Crippen molar-refractivity contribution < 1.29 is 14.3 Å². The number of nitrogens with zero attached hydrogens (tertiary/aromatic N) is 1. The second kappa shape index (κ2) is 6.31. The van der Waals surface area contributed by atoms with E-state index in [0.717, 1.165) is 16.8 Å². The number of carbonyl (C=O) groups is 1. The van der Waals surface area contributed by atoms with E-state index in [0.29, 0.717) is 0 Å².